The summed E-state index contributed by atoms with van der Waals surface area (Å²) in [6.07, 6.45) is 1.34. The molecule has 0 aromatic heterocycles. The third-order valence-corrected chi connectivity index (χ3v) is 3.16. The molecule has 0 aliphatic rings. The number of carbonyl (C=O) groups is 1. The van der Waals surface area contributed by atoms with E-state index < -0.39 is 5.97 Å². The summed E-state index contributed by atoms with van der Waals surface area (Å²) in [6, 6.07) is 14.5. The Morgan fingerprint density at radius 1 is 1.04 bits per heavy atom. The molecule has 5 nitrogen and oxygen atoms in total. The quantitative estimate of drug-likeness (QED) is 0.436. The molecule has 0 radical (unpaired) electrons. The summed E-state index contributed by atoms with van der Waals surface area (Å²) in [7, 11) is 2.79. The molecule has 2 aromatic carbocycles. The van der Waals surface area contributed by atoms with E-state index in [1.54, 1.807) is 18.2 Å². The maximum atomic E-state index is 12.0. The number of para-hydroxylation sites is 1. The van der Waals surface area contributed by atoms with Gasteiger partial charge in [-0.3, -0.25) is 0 Å². The van der Waals surface area contributed by atoms with Gasteiger partial charge in [0.15, 0.2) is 0 Å². The molecule has 2 aromatic rings. The number of carbonyl (C=O) groups excluding carboxylic acids is 1. The summed E-state index contributed by atoms with van der Waals surface area (Å²) in [4.78, 5) is 12.0. The molecule has 0 atom stereocenters. The van der Waals surface area contributed by atoms with Gasteiger partial charge in [-0.25, -0.2) is 4.79 Å². The number of esters is 1. The van der Waals surface area contributed by atoms with Gasteiger partial charge in [-0.2, -0.15) is 0 Å². The predicted octanol–water partition coefficient (Wildman–Crippen LogP) is 4.04. The normalized spacial score (nSPS) is 10.9. The fourth-order valence-corrected chi connectivity index (χ4v) is 2.15. The van der Waals surface area contributed by atoms with Crippen molar-refractivity contribution in [2.45, 2.75) is 6.92 Å². The first kappa shape index (κ1) is 17.4. The first-order valence-electron chi connectivity index (χ1n) is 7.51. The summed E-state index contributed by atoms with van der Waals surface area (Å²) in [5, 5.41) is 0. The molecule has 0 saturated heterocycles. The number of hydrogen-bond acceptors (Lipinski definition) is 5. The number of ether oxygens (including phenoxy) is 4. The molecule has 0 bridgehead atoms. The van der Waals surface area contributed by atoms with Crippen molar-refractivity contribution in [2.75, 3.05) is 20.8 Å². The number of benzene rings is 2. The molecule has 126 valence electrons. The van der Waals surface area contributed by atoms with Gasteiger partial charge in [-0.1, -0.05) is 24.3 Å². The van der Waals surface area contributed by atoms with Crippen LogP contribution in [0.1, 0.15) is 12.5 Å². The third-order valence-electron chi connectivity index (χ3n) is 3.16. The van der Waals surface area contributed by atoms with Crippen LogP contribution in [0.25, 0.3) is 5.57 Å². The van der Waals surface area contributed by atoms with Crippen LogP contribution < -0.4 is 9.47 Å². The lowest BCUT2D eigenvalue weighted by molar-refractivity contribution is -0.133. The van der Waals surface area contributed by atoms with Crippen LogP contribution in [0.15, 0.2) is 54.8 Å². The van der Waals surface area contributed by atoms with Crippen LogP contribution in [-0.2, 0) is 14.3 Å². The Hall–Kier alpha value is -2.95. The Balaban J connectivity index is 2.36. The molecule has 0 unspecified atom stereocenters. The lowest BCUT2D eigenvalue weighted by Gasteiger charge is -2.13. The Labute approximate surface area is 141 Å². The van der Waals surface area contributed by atoms with E-state index in [0.717, 1.165) is 0 Å². The van der Waals surface area contributed by atoms with Gasteiger partial charge in [0, 0.05) is 11.6 Å². The van der Waals surface area contributed by atoms with Crippen molar-refractivity contribution in [3.8, 4) is 17.2 Å². The van der Waals surface area contributed by atoms with E-state index in [2.05, 4.69) is 0 Å². The lowest BCUT2D eigenvalue weighted by Crippen LogP contribution is -2.05. The van der Waals surface area contributed by atoms with Gasteiger partial charge in [0.2, 0.25) is 0 Å². The Morgan fingerprint density at radius 3 is 2.50 bits per heavy atom. The highest BCUT2D eigenvalue weighted by Crippen LogP contribution is 2.32. The monoisotopic (exact) mass is 328 g/mol. The largest absolute Gasteiger partial charge is 0.503 e. The first-order valence-corrected chi connectivity index (χ1v) is 7.51. The first-order chi connectivity index (χ1) is 11.7. The summed E-state index contributed by atoms with van der Waals surface area (Å²) in [5.41, 5.74) is 0.851. The van der Waals surface area contributed by atoms with Crippen LogP contribution in [0.2, 0.25) is 0 Å². The van der Waals surface area contributed by atoms with Crippen LogP contribution in [0.3, 0.4) is 0 Å². The zero-order valence-corrected chi connectivity index (χ0v) is 13.9. The van der Waals surface area contributed by atoms with Gasteiger partial charge in [0.05, 0.1) is 27.1 Å². The topological polar surface area (TPSA) is 54.0 Å². The van der Waals surface area contributed by atoms with Crippen molar-refractivity contribution in [2.24, 2.45) is 0 Å². The Bertz CT molecular complexity index is 721. The molecule has 5 heteroatoms. The smallest absolute Gasteiger partial charge is 0.341 e. The second-order valence-corrected chi connectivity index (χ2v) is 4.76. The molecule has 0 saturated carbocycles. The van der Waals surface area contributed by atoms with Gasteiger partial charge in [0.1, 0.15) is 22.8 Å². The second-order valence-electron chi connectivity index (χ2n) is 4.76. The SMILES string of the molecule is CCOc1cccc(Oc2ccccc2C(=COC)C(=O)OC)c1. The predicted molar refractivity (Wildman–Crippen MR) is 91.1 cm³/mol. The molecule has 24 heavy (non-hydrogen) atoms. The maximum Gasteiger partial charge on any atom is 0.341 e. The van der Waals surface area contributed by atoms with Gasteiger partial charge in [0.25, 0.3) is 0 Å². The van der Waals surface area contributed by atoms with Crippen molar-refractivity contribution in [1.29, 1.82) is 0 Å². The van der Waals surface area contributed by atoms with Crippen molar-refractivity contribution >= 4 is 11.5 Å². The Morgan fingerprint density at radius 2 is 1.79 bits per heavy atom. The highest BCUT2D eigenvalue weighted by molar-refractivity contribution is 6.17. The standard InChI is InChI=1S/C19H20O5/c1-4-23-14-8-7-9-15(12-14)24-18-11-6-5-10-16(18)17(13-21-2)19(20)22-3/h5-13H,4H2,1-3H3. The number of hydrogen-bond donors (Lipinski definition) is 0. The molecule has 2 rings (SSSR count). The van der Waals surface area contributed by atoms with Crippen LogP contribution in [0.4, 0.5) is 0 Å². The summed E-state index contributed by atoms with van der Waals surface area (Å²) in [6.45, 7) is 2.49. The second kappa shape index (κ2) is 8.62. The highest BCUT2D eigenvalue weighted by atomic mass is 16.5. The summed E-state index contributed by atoms with van der Waals surface area (Å²) < 4.78 is 21.2. The Kier molecular flexibility index (Phi) is 6.25. The molecule has 0 spiro atoms. The van der Waals surface area contributed by atoms with Crippen molar-refractivity contribution in [3.05, 3.63) is 60.4 Å². The van der Waals surface area contributed by atoms with E-state index in [4.69, 9.17) is 18.9 Å². The third kappa shape index (κ3) is 4.29. The molecule has 0 aliphatic heterocycles. The minimum absolute atomic E-state index is 0.275. The number of methoxy groups -OCH3 is 2. The lowest BCUT2D eigenvalue weighted by atomic mass is 10.1. The highest BCUT2D eigenvalue weighted by Gasteiger charge is 2.18. The maximum absolute atomic E-state index is 12.0. The average Bonchev–Trinajstić information content (AvgIpc) is 2.60. The minimum atomic E-state index is -0.504. The fraction of sp³-hybridized carbons (Fsp3) is 0.211. The average molecular weight is 328 g/mol. The van der Waals surface area contributed by atoms with Gasteiger partial charge in [-0.15, -0.1) is 0 Å². The van der Waals surface area contributed by atoms with Crippen LogP contribution in [0.5, 0.6) is 17.2 Å². The van der Waals surface area contributed by atoms with E-state index in [1.165, 1.54) is 20.5 Å². The summed E-state index contributed by atoms with van der Waals surface area (Å²) in [5.74, 6) is 1.33. The molecular formula is C19H20O5. The van der Waals surface area contributed by atoms with Gasteiger partial charge in [-0.05, 0) is 25.1 Å². The zero-order chi connectivity index (χ0) is 17.4. The van der Waals surface area contributed by atoms with E-state index in [9.17, 15) is 4.79 Å². The molecule has 0 heterocycles. The van der Waals surface area contributed by atoms with E-state index in [0.29, 0.717) is 29.4 Å². The van der Waals surface area contributed by atoms with E-state index in [1.807, 2.05) is 37.3 Å². The summed E-state index contributed by atoms with van der Waals surface area (Å²) >= 11 is 0. The van der Waals surface area contributed by atoms with E-state index in [-0.39, 0.29) is 5.57 Å². The van der Waals surface area contributed by atoms with E-state index >= 15 is 0 Å². The van der Waals surface area contributed by atoms with Crippen LogP contribution >= 0.6 is 0 Å². The van der Waals surface area contributed by atoms with Crippen LogP contribution in [-0.4, -0.2) is 26.8 Å². The van der Waals surface area contributed by atoms with Crippen molar-refractivity contribution in [3.63, 3.8) is 0 Å². The van der Waals surface area contributed by atoms with Crippen molar-refractivity contribution < 1.29 is 23.7 Å². The van der Waals surface area contributed by atoms with Gasteiger partial charge >= 0.3 is 5.97 Å². The number of rotatable bonds is 7. The molecular weight excluding hydrogens is 308 g/mol. The van der Waals surface area contributed by atoms with Crippen molar-refractivity contribution in [1.82, 2.24) is 0 Å². The molecule has 0 amide bonds. The zero-order valence-electron chi connectivity index (χ0n) is 13.9. The molecule has 0 fully saturated rings. The molecule has 0 N–H and O–H groups in total. The minimum Gasteiger partial charge on any atom is -0.503 e. The fourth-order valence-electron chi connectivity index (χ4n) is 2.15. The molecule has 0 aliphatic carbocycles. The van der Waals surface area contributed by atoms with Gasteiger partial charge < -0.3 is 18.9 Å². The van der Waals surface area contributed by atoms with Crippen LogP contribution in [0, 0.1) is 0 Å².